The number of pyridine rings is 1. The third-order valence-corrected chi connectivity index (χ3v) is 6.36. The number of nitrogens with zero attached hydrogens (tertiary/aromatic N) is 5. The third-order valence-electron chi connectivity index (χ3n) is 6.36. The van der Waals surface area contributed by atoms with Crippen LogP contribution in [0.15, 0.2) is 34.5 Å². The largest absolute Gasteiger partial charge is 0.360 e. The van der Waals surface area contributed by atoms with E-state index in [1.54, 1.807) is 0 Å². The monoisotopic (exact) mass is 380 g/mol. The summed E-state index contributed by atoms with van der Waals surface area (Å²) in [6.45, 7) is 3.51. The van der Waals surface area contributed by atoms with Crippen molar-refractivity contribution >= 4 is 17.7 Å². The molecule has 4 aliphatic rings. The fraction of sp³-hybridized carbons (Fsp3) is 0.619. The number of carbonyl (C=O) groups is 1. The van der Waals surface area contributed by atoms with Gasteiger partial charge in [-0.25, -0.2) is 9.79 Å². The Kier molecular flexibility index (Phi) is 4.53. The summed E-state index contributed by atoms with van der Waals surface area (Å²) >= 11 is 0. The Bertz CT molecular complexity index is 800. The summed E-state index contributed by atoms with van der Waals surface area (Å²) in [7, 11) is 0. The Balaban J connectivity index is 1.41. The van der Waals surface area contributed by atoms with E-state index in [9.17, 15) is 4.79 Å². The number of aliphatic imine (C=N–C) groups is 2. The molecular formula is C21H28N6O. The Morgan fingerprint density at radius 2 is 1.96 bits per heavy atom. The zero-order valence-electron chi connectivity index (χ0n) is 16.4. The van der Waals surface area contributed by atoms with E-state index in [4.69, 9.17) is 9.98 Å². The molecule has 1 N–H and O–H groups in total. The van der Waals surface area contributed by atoms with E-state index in [1.165, 1.54) is 31.2 Å². The number of nitrogens with one attached hydrogen (secondary N) is 1. The molecular weight excluding hydrogens is 352 g/mol. The van der Waals surface area contributed by atoms with Crippen LogP contribution >= 0.6 is 0 Å². The smallest absolute Gasteiger partial charge is 0.327 e. The van der Waals surface area contributed by atoms with Gasteiger partial charge < -0.3 is 5.32 Å². The van der Waals surface area contributed by atoms with E-state index >= 15 is 0 Å². The van der Waals surface area contributed by atoms with Crippen LogP contribution < -0.4 is 5.32 Å². The minimum Gasteiger partial charge on any atom is -0.360 e. The van der Waals surface area contributed by atoms with Gasteiger partial charge in [-0.2, -0.15) is 0 Å². The number of hydrogen-bond acceptors (Lipinski definition) is 5. The van der Waals surface area contributed by atoms with Gasteiger partial charge in [0, 0.05) is 24.9 Å². The molecule has 0 spiro atoms. The summed E-state index contributed by atoms with van der Waals surface area (Å²) in [5, 5.41) is 3.67. The topological polar surface area (TPSA) is 73.2 Å². The van der Waals surface area contributed by atoms with Crippen LogP contribution in [0.2, 0.25) is 0 Å². The molecule has 7 nitrogen and oxygen atoms in total. The number of hydrogen-bond donors (Lipinski definition) is 1. The minimum absolute atomic E-state index is 0.00212. The van der Waals surface area contributed by atoms with Crippen LogP contribution in [-0.4, -0.2) is 63.8 Å². The van der Waals surface area contributed by atoms with Gasteiger partial charge in [-0.1, -0.05) is 19.8 Å². The van der Waals surface area contributed by atoms with Crippen molar-refractivity contribution in [2.75, 3.05) is 13.1 Å². The first kappa shape index (κ1) is 17.6. The summed E-state index contributed by atoms with van der Waals surface area (Å²) in [4.78, 5) is 31.2. The van der Waals surface area contributed by atoms with Gasteiger partial charge in [0.25, 0.3) is 0 Å². The second-order valence-corrected chi connectivity index (χ2v) is 8.32. The second-order valence-electron chi connectivity index (χ2n) is 8.32. The first-order valence-corrected chi connectivity index (χ1v) is 10.6. The van der Waals surface area contributed by atoms with Crippen molar-refractivity contribution in [3.63, 3.8) is 0 Å². The summed E-state index contributed by atoms with van der Waals surface area (Å²) in [6.07, 6.45) is 10.2. The average Bonchev–Trinajstić information content (AvgIpc) is 3.44. The van der Waals surface area contributed by atoms with Crippen molar-refractivity contribution in [1.29, 1.82) is 0 Å². The minimum atomic E-state index is -0.141. The zero-order valence-corrected chi connectivity index (χ0v) is 16.4. The van der Waals surface area contributed by atoms with Crippen LogP contribution in [-0.2, 0) is 6.42 Å². The maximum Gasteiger partial charge on any atom is 0.327 e. The van der Waals surface area contributed by atoms with Crippen molar-refractivity contribution in [3.05, 3.63) is 30.1 Å². The molecule has 1 aromatic heterocycles. The van der Waals surface area contributed by atoms with Gasteiger partial charge in [0.1, 0.15) is 17.7 Å². The molecule has 1 aliphatic carbocycles. The van der Waals surface area contributed by atoms with Crippen LogP contribution in [0, 0.1) is 5.92 Å². The zero-order chi connectivity index (χ0) is 19.1. The molecule has 2 fully saturated rings. The lowest BCUT2D eigenvalue weighted by Crippen LogP contribution is -2.64. The van der Waals surface area contributed by atoms with Crippen molar-refractivity contribution in [3.8, 4) is 0 Å². The molecule has 5 rings (SSSR count). The summed E-state index contributed by atoms with van der Waals surface area (Å²) in [5.41, 5.74) is 1.21. The third kappa shape index (κ3) is 2.97. The van der Waals surface area contributed by atoms with E-state index in [1.807, 2.05) is 34.3 Å². The van der Waals surface area contributed by atoms with Crippen molar-refractivity contribution in [1.82, 2.24) is 20.1 Å². The fourth-order valence-corrected chi connectivity index (χ4v) is 5.02. The van der Waals surface area contributed by atoms with Gasteiger partial charge in [-0.05, 0) is 43.4 Å². The predicted octanol–water partition coefficient (Wildman–Crippen LogP) is 2.44. The van der Waals surface area contributed by atoms with Gasteiger partial charge in [0.15, 0.2) is 6.17 Å². The highest BCUT2D eigenvalue weighted by atomic mass is 16.2. The molecule has 0 aromatic carbocycles. The molecule has 7 heteroatoms. The maximum atomic E-state index is 13.2. The highest BCUT2D eigenvalue weighted by molar-refractivity contribution is 6.08. The van der Waals surface area contributed by atoms with Crippen molar-refractivity contribution in [2.24, 2.45) is 15.9 Å². The highest BCUT2D eigenvalue weighted by Gasteiger charge is 2.51. The highest BCUT2D eigenvalue weighted by Crippen LogP contribution is 2.33. The Morgan fingerprint density at radius 1 is 1.18 bits per heavy atom. The number of urea groups is 1. The number of carbonyl (C=O) groups excluding carboxylic acids is 1. The molecule has 0 bridgehead atoms. The normalized spacial score (nSPS) is 29.5. The summed E-state index contributed by atoms with van der Waals surface area (Å²) < 4.78 is 0. The van der Waals surface area contributed by atoms with E-state index in [0.717, 1.165) is 31.1 Å². The van der Waals surface area contributed by atoms with Crippen LogP contribution in [0.1, 0.15) is 44.6 Å². The molecule has 148 valence electrons. The molecule has 3 unspecified atom stereocenters. The lowest BCUT2D eigenvalue weighted by Gasteiger charge is -2.40. The predicted molar refractivity (Wildman–Crippen MR) is 108 cm³/mol. The molecule has 4 heterocycles. The van der Waals surface area contributed by atoms with Gasteiger partial charge in [-0.15, -0.1) is 0 Å². The number of amidine groups is 2. The van der Waals surface area contributed by atoms with E-state index < -0.39 is 0 Å². The number of aromatic nitrogens is 1. The van der Waals surface area contributed by atoms with Gasteiger partial charge in [-0.3, -0.25) is 19.8 Å². The van der Waals surface area contributed by atoms with E-state index in [0.29, 0.717) is 12.5 Å². The van der Waals surface area contributed by atoms with Crippen LogP contribution in [0.25, 0.3) is 0 Å². The maximum absolute atomic E-state index is 13.2. The second kappa shape index (κ2) is 7.18. The first-order valence-electron chi connectivity index (χ1n) is 10.6. The van der Waals surface area contributed by atoms with E-state index in [-0.39, 0.29) is 24.3 Å². The van der Waals surface area contributed by atoms with Gasteiger partial charge in [0.2, 0.25) is 0 Å². The standard InChI is InChI=1S/C21H28N6O/c1-2-11-26-20-17(24-18(25-20)15-5-3-4-6-15)19-23-16(13-27(19)21(26)28)12-14-7-9-22-10-8-14/h7-10,15-17,20H,2-6,11-13H2,1H3,(H,24,25). The molecule has 1 saturated carbocycles. The molecule has 3 aliphatic heterocycles. The lowest BCUT2D eigenvalue weighted by molar-refractivity contribution is 0.139. The quantitative estimate of drug-likeness (QED) is 0.853. The molecule has 0 radical (unpaired) electrons. The first-order chi connectivity index (χ1) is 13.7. The van der Waals surface area contributed by atoms with Crippen molar-refractivity contribution in [2.45, 2.75) is 63.7 Å². The summed E-state index contributed by atoms with van der Waals surface area (Å²) in [5.74, 6) is 2.51. The van der Waals surface area contributed by atoms with Gasteiger partial charge in [0.05, 0.1) is 12.6 Å². The molecule has 2 amide bonds. The molecule has 3 atom stereocenters. The Morgan fingerprint density at radius 3 is 2.71 bits per heavy atom. The van der Waals surface area contributed by atoms with E-state index in [2.05, 4.69) is 17.2 Å². The molecule has 1 aromatic rings. The molecule has 1 saturated heterocycles. The van der Waals surface area contributed by atoms with Crippen LogP contribution in [0.4, 0.5) is 4.79 Å². The average molecular weight is 380 g/mol. The number of fused-ring (bicyclic) bond motifs is 3. The van der Waals surface area contributed by atoms with Crippen molar-refractivity contribution < 1.29 is 4.79 Å². The Labute approximate surface area is 165 Å². The van der Waals surface area contributed by atoms with Crippen LogP contribution in [0.3, 0.4) is 0 Å². The Hall–Kier alpha value is -2.44. The summed E-state index contributed by atoms with van der Waals surface area (Å²) in [6, 6.07) is 4.22. The number of amides is 2. The fourth-order valence-electron chi connectivity index (χ4n) is 5.02. The number of rotatable bonds is 5. The van der Waals surface area contributed by atoms with Crippen LogP contribution in [0.5, 0.6) is 0 Å². The molecule has 28 heavy (non-hydrogen) atoms. The SMILES string of the molecule is CCCN1C(=O)N2CC(Cc3ccncc3)N=C2C2NC(C3CCCC3)=NC21. The lowest BCUT2D eigenvalue weighted by atomic mass is 10.1. The van der Waals surface area contributed by atoms with Gasteiger partial charge >= 0.3 is 6.03 Å².